The number of rotatable bonds is 5. The van der Waals surface area contributed by atoms with E-state index in [1.165, 1.54) is 6.20 Å². The van der Waals surface area contributed by atoms with Crippen molar-refractivity contribution in [3.8, 4) is 11.8 Å². The Hall–Kier alpha value is -2.65. The van der Waals surface area contributed by atoms with Gasteiger partial charge in [-0.3, -0.25) is 9.78 Å². The fourth-order valence-electron chi connectivity index (χ4n) is 1.67. The van der Waals surface area contributed by atoms with Gasteiger partial charge in [-0.2, -0.15) is 0 Å². The number of hydrogen-bond donors (Lipinski definition) is 2. The topological polar surface area (TPSA) is 80.0 Å². The summed E-state index contributed by atoms with van der Waals surface area (Å²) in [6, 6.07) is 1.68. The molecule has 0 aliphatic rings. The number of aliphatic hydroxyl groups excluding tert-OH is 1. The van der Waals surface area contributed by atoms with Crippen LogP contribution in [0.15, 0.2) is 37.2 Å². The van der Waals surface area contributed by atoms with Gasteiger partial charge >= 0.3 is 0 Å². The third-order valence-corrected chi connectivity index (χ3v) is 2.68. The standard InChI is InChI=1S/C15H16N4O2/c20-8-2-1-3-13-9-14(11-17-10-13)15(21)18-5-7-19-6-4-16-12-19/h4,6,9-12,20H,2,5,7-8H2,(H,18,21). The Morgan fingerprint density at radius 2 is 2.29 bits per heavy atom. The van der Waals surface area contributed by atoms with Gasteiger partial charge in [0.05, 0.1) is 18.5 Å². The zero-order valence-corrected chi connectivity index (χ0v) is 11.5. The Bertz CT molecular complexity index is 641. The van der Waals surface area contributed by atoms with Gasteiger partial charge in [0, 0.05) is 49.9 Å². The van der Waals surface area contributed by atoms with Crippen LogP contribution in [0.1, 0.15) is 22.3 Å². The van der Waals surface area contributed by atoms with Crippen molar-refractivity contribution in [1.82, 2.24) is 19.9 Å². The molecule has 0 aliphatic carbocycles. The lowest BCUT2D eigenvalue weighted by Crippen LogP contribution is -2.27. The zero-order valence-electron chi connectivity index (χ0n) is 11.5. The Balaban J connectivity index is 1.90. The van der Waals surface area contributed by atoms with Crippen LogP contribution in [0, 0.1) is 11.8 Å². The van der Waals surface area contributed by atoms with Crippen molar-refractivity contribution in [3.05, 3.63) is 48.3 Å². The Morgan fingerprint density at radius 1 is 1.38 bits per heavy atom. The minimum Gasteiger partial charge on any atom is -0.395 e. The molecule has 2 aromatic heterocycles. The zero-order chi connectivity index (χ0) is 14.9. The lowest BCUT2D eigenvalue weighted by Gasteiger charge is -2.05. The van der Waals surface area contributed by atoms with Crippen molar-refractivity contribution >= 4 is 5.91 Å². The lowest BCUT2D eigenvalue weighted by atomic mass is 10.2. The quantitative estimate of drug-likeness (QED) is 0.781. The van der Waals surface area contributed by atoms with Gasteiger partial charge in [-0.05, 0) is 6.07 Å². The Labute approximate surface area is 122 Å². The number of imidazole rings is 1. The molecule has 0 saturated heterocycles. The lowest BCUT2D eigenvalue weighted by molar-refractivity contribution is 0.0952. The molecule has 0 aromatic carbocycles. The number of nitrogens with one attached hydrogen (secondary N) is 1. The molecule has 2 aromatic rings. The minimum absolute atomic E-state index is 0.0227. The molecule has 0 radical (unpaired) electrons. The second kappa shape index (κ2) is 7.82. The first-order valence-electron chi connectivity index (χ1n) is 6.58. The fraction of sp³-hybridized carbons (Fsp3) is 0.267. The summed E-state index contributed by atoms with van der Waals surface area (Å²) in [5, 5.41) is 11.5. The van der Waals surface area contributed by atoms with Gasteiger partial charge in [-0.25, -0.2) is 4.98 Å². The second-order valence-corrected chi connectivity index (χ2v) is 4.29. The van der Waals surface area contributed by atoms with E-state index in [-0.39, 0.29) is 12.5 Å². The summed E-state index contributed by atoms with van der Waals surface area (Å²) in [4.78, 5) is 19.9. The molecule has 6 nitrogen and oxygen atoms in total. The predicted octanol–water partition coefficient (Wildman–Crippen LogP) is 0.442. The summed E-state index contributed by atoms with van der Waals surface area (Å²) in [6.07, 6.45) is 8.73. The van der Waals surface area contributed by atoms with E-state index >= 15 is 0 Å². The van der Waals surface area contributed by atoms with Crippen LogP contribution < -0.4 is 5.32 Å². The number of pyridine rings is 1. The maximum Gasteiger partial charge on any atom is 0.252 e. The molecular weight excluding hydrogens is 268 g/mol. The van der Waals surface area contributed by atoms with E-state index in [0.29, 0.717) is 30.6 Å². The summed E-state index contributed by atoms with van der Waals surface area (Å²) in [5.74, 6) is 5.47. The third kappa shape index (κ3) is 4.75. The van der Waals surface area contributed by atoms with Crippen molar-refractivity contribution in [1.29, 1.82) is 0 Å². The molecule has 0 fully saturated rings. The van der Waals surface area contributed by atoms with Gasteiger partial charge in [0.15, 0.2) is 0 Å². The molecule has 0 aliphatic heterocycles. The Morgan fingerprint density at radius 3 is 3.05 bits per heavy atom. The smallest absolute Gasteiger partial charge is 0.252 e. The Kier molecular flexibility index (Phi) is 5.50. The molecule has 0 spiro atoms. The molecule has 1 amide bonds. The van der Waals surface area contributed by atoms with Gasteiger partial charge in [0.1, 0.15) is 0 Å². The summed E-state index contributed by atoms with van der Waals surface area (Å²) < 4.78 is 1.88. The fourth-order valence-corrected chi connectivity index (χ4v) is 1.67. The summed E-state index contributed by atoms with van der Waals surface area (Å²) in [6.45, 7) is 1.19. The van der Waals surface area contributed by atoms with Crippen LogP contribution in [0.25, 0.3) is 0 Å². The number of carbonyl (C=O) groups excluding carboxylic acids is 1. The maximum atomic E-state index is 12.0. The predicted molar refractivity (Wildman–Crippen MR) is 77.4 cm³/mol. The van der Waals surface area contributed by atoms with Crippen LogP contribution in [0.4, 0.5) is 0 Å². The van der Waals surface area contributed by atoms with E-state index in [4.69, 9.17) is 5.11 Å². The van der Waals surface area contributed by atoms with Crippen molar-refractivity contribution in [3.63, 3.8) is 0 Å². The summed E-state index contributed by atoms with van der Waals surface area (Å²) in [5.41, 5.74) is 1.13. The second-order valence-electron chi connectivity index (χ2n) is 4.29. The van der Waals surface area contributed by atoms with Crippen LogP contribution in [-0.2, 0) is 6.54 Å². The molecule has 0 saturated carbocycles. The van der Waals surface area contributed by atoms with Gasteiger partial charge < -0.3 is 15.0 Å². The monoisotopic (exact) mass is 284 g/mol. The molecule has 6 heteroatoms. The van der Waals surface area contributed by atoms with Crippen LogP contribution in [0.5, 0.6) is 0 Å². The first-order valence-corrected chi connectivity index (χ1v) is 6.58. The number of hydrogen-bond acceptors (Lipinski definition) is 4. The highest BCUT2D eigenvalue weighted by Gasteiger charge is 2.05. The molecule has 2 heterocycles. The molecular formula is C15H16N4O2. The highest BCUT2D eigenvalue weighted by molar-refractivity contribution is 5.94. The van der Waals surface area contributed by atoms with Gasteiger partial charge in [0.2, 0.25) is 0 Å². The number of aromatic nitrogens is 3. The van der Waals surface area contributed by atoms with Crippen LogP contribution in [-0.4, -0.2) is 38.7 Å². The molecule has 21 heavy (non-hydrogen) atoms. The molecule has 108 valence electrons. The van der Waals surface area contributed by atoms with Crippen molar-refractivity contribution < 1.29 is 9.90 Å². The summed E-state index contributed by atoms with van der Waals surface area (Å²) in [7, 11) is 0. The number of amides is 1. The van der Waals surface area contributed by atoms with Crippen LogP contribution in [0.2, 0.25) is 0 Å². The SMILES string of the molecule is O=C(NCCn1ccnc1)c1cncc(C#CCCO)c1. The number of aliphatic hydroxyl groups is 1. The summed E-state index contributed by atoms with van der Waals surface area (Å²) >= 11 is 0. The third-order valence-electron chi connectivity index (χ3n) is 2.68. The van der Waals surface area contributed by atoms with Crippen molar-refractivity contribution in [2.75, 3.05) is 13.2 Å². The van der Waals surface area contributed by atoms with E-state index in [9.17, 15) is 4.79 Å². The average molecular weight is 284 g/mol. The number of carbonyl (C=O) groups is 1. The number of nitrogens with zero attached hydrogens (tertiary/aromatic N) is 3. The van der Waals surface area contributed by atoms with Gasteiger partial charge in [-0.15, -0.1) is 0 Å². The van der Waals surface area contributed by atoms with E-state index in [1.54, 1.807) is 24.8 Å². The highest BCUT2D eigenvalue weighted by Crippen LogP contribution is 2.01. The van der Waals surface area contributed by atoms with Gasteiger partial charge in [0.25, 0.3) is 5.91 Å². The largest absolute Gasteiger partial charge is 0.395 e. The van der Waals surface area contributed by atoms with Crippen LogP contribution in [0.3, 0.4) is 0 Å². The molecule has 2 rings (SSSR count). The van der Waals surface area contributed by atoms with Crippen molar-refractivity contribution in [2.45, 2.75) is 13.0 Å². The normalized spacial score (nSPS) is 9.76. The van der Waals surface area contributed by atoms with Crippen LogP contribution >= 0.6 is 0 Å². The molecule has 0 atom stereocenters. The highest BCUT2D eigenvalue weighted by atomic mass is 16.2. The maximum absolute atomic E-state index is 12.0. The molecule has 2 N–H and O–H groups in total. The van der Waals surface area contributed by atoms with E-state index in [0.717, 1.165) is 0 Å². The first kappa shape index (κ1) is 14.8. The van der Waals surface area contributed by atoms with E-state index in [1.807, 2.05) is 10.8 Å². The van der Waals surface area contributed by atoms with Crippen molar-refractivity contribution in [2.24, 2.45) is 0 Å². The molecule has 0 bridgehead atoms. The van der Waals surface area contributed by atoms with E-state index < -0.39 is 0 Å². The van der Waals surface area contributed by atoms with E-state index in [2.05, 4.69) is 27.1 Å². The first-order chi connectivity index (χ1) is 10.3. The minimum atomic E-state index is -0.187. The van der Waals surface area contributed by atoms with Gasteiger partial charge in [-0.1, -0.05) is 11.8 Å². The average Bonchev–Trinajstić information content (AvgIpc) is 3.01. The molecule has 0 unspecified atom stereocenters.